The Morgan fingerprint density at radius 1 is 1.00 bits per heavy atom. The molecule has 3 aromatic carbocycles. The Morgan fingerprint density at radius 3 is 2.55 bits per heavy atom. The number of carbonyl (C=O) groups excluding carboxylic acids is 1. The number of halogens is 2. The van der Waals surface area contributed by atoms with Crippen molar-refractivity contribution in [2.24, 2.45) is 5.73 Å². The van der Waals surface area contributed by atoms with Gasteiger partial charge in [-0.05, 0) is 29.8 Å². The lowest BCUT2D eigenvalue weighted by molar-refractivity contribution is 0.207. The molecule has 0 aliphatic carbocycles. The number of nitrogens with zero attached hydrogens (tertiary/aromatic N) is 2. The Morgan fingerprint density at radius 2 is 1.76 bits per heavy atom. The summed E-state index contributed by atoms with van der Waals surface area (Å²) >= 11 is 0. The molecular formula is C23H15F2N5O3. The number of H-pyrrole nitrogens is 2. The van der Waals surface area contributed by atoms with Gasteiger partial charge in [0.15, 0.2) is 0 Å². The number of hydrogen-bond donors (Lipinski definition) is 3. The number of hydrogen-bond acceptors (Lipinski definition) is 5. The first-order valence-electron chi connectivity index (χ1n) is 9.80. The van der Waals surface area contributed by atoms with Gasteiger partial charge in [-0.1, -0.05) is 24.3 Å². The third kappa shape index (κ3) is 3.78. The highest BCUT2D eigenvalue weighted by Gasteiger charge is 2.16. The molecule has 0 saturated heterocycles. The zero-order valence-electron chi connectivity index (χ0n) is 16.9. The molecule has 0 radical (unpaired) electrons. The molecule has 10 heteroatoms. The van der Waals surface area contributed by atoms with Crippen LogP contribution in [0.3, 0.4) is 0 Å². The van der Waals surface area contributed by atoms with Gasteiger partial charge in [-0.25, -0.2) is 18.7 Å². The summed E-state index contributed by atoms with van der Waals surface area (Å²) < 4.78 is 34.3. The van der Waals surface area contributed by atoms with Gasteiger partial charge in [0.25, 0.3) is 5.56 Å². The minimum atomic E-state index is -1.07. The Labute approximate surface area is 184 Å². The normalized spacial score (nSPS) is 11.2. The first-order chi connectivity index (χ1) is 15.9. The number of imidazole rings is 1. The van der Waals surface area contributed by atoms with E-state index >= 15 is 0 Å². The summed E-state index contributed by atoms with van der Waals surface area (Å²) in [5, 5.41) is 7.78. The molecule has 0 aliphatic rings. The molecule has 5 aromatic rings. The van der Waals surface area contributed by atoms with Crippen LogP contribution in [-0.2, 0) is 6.42 Å². The number of nitrogens with two attached hydrogens (primary N) is 1. The van der Waals surface area contributed by atoms with Gasteiger partial charge in [0.1, 0.15) is 11.6 Å². The maximum absolute atomic E-state index is 14.9. The van der Waals surface area contributed by atoms with E-state index in [1.54, 1.807) is 30.3 Å². The van der Waals surface area contributed by atoms with Crippen LogP contribution in [0.2, 0.25) is 0 Å². The van der Waals surface area contributed by atoms with Crippen LogP contribution in [0.4, 0.5) is 13.6 Å². The highest BCUT2D eigenvalue weighted by molar-refractivity contribution is 5.85. The van der Waals surface area contributed by atoms with Crippen LogP contribution in [0.15, 0.2) is 59.4 Å². The molecule has 0 bridgehead atoms. The van der Waals surface area contributed by atoms with Crippen LogP contribution in [0, 0.1) is 11.6 Å². The zero-order valence-corrected chi connectivity index (χ0v) is 16.9. The lowest BCUT2D eigenvalue weighted by atomic mass is 9.98. The molecule has 0 atom stereocenters. The second-order valence-corrected chi connectivity index (χ2v) is 7.35. The standard InChI is InChI=1S/C23H15F2N5O3/c24-16-6-5-11(8-18-12-3-1-2-4-13(12)21(31)30-29-18)7-14(16)15-9-19-20(10-17(15)25)28-23(27-19)33-22(26)32/h1-7,9-10H,8H2,(H2,26,32)(H,27,28)(H,30,31). The van der Waals surface area contributed by atoms with Crippen molar-refractivity contribution in [3.05, 3.63) is 87.8 Å². The van der Waals surface area contributed by atoms with Crippen molar-refractivity contribution >= 4 is 27.9 Å². The molecule has 4 N–H and O–H groups in total. The summed E-state index contributed by atoms with van der Waals surface area (Å²) in [6, 6.07) is 13.7. The van der Waals surface area contributed by atoms with E-state index in [0.717, 1.165) is 6.07 Å². The summed E-state index contributed by atoms with van der Waals surface area (Å²) in [5.41, 5.74) is 6.46. The molecule has 33 heavy (non-hydrogen) atoms. The van der Waals surface area contributed by atoms with E-state index in [0.29, 0.717) is 22.0 Å². The molecule has 5 rings (SSSR count). The predicted molar refractivity (Wildman–Crippen MR) is 117 cm³/mol. The van der Waals surface area contributed by atoms with Crippen molar-refractivity contribution in [2.45, 2.75) is 6.42 Å². The molecule has 0 saturated carbocycles. The number of aromatic nitrogens is 4. The van der Waals surface area contributed by atoms with Gasteiger partial charge < -0.3 is 15.5 Å². The number of fused-ring (bicyclic) bond motifs is 2. The zero-order chi connectivity index (χ0) is 23.1. The van der Waals surface area contributed by atoms with Gasteiger partial charge in [0.05, 0.1) is 22.1 Å². The van der Waals surface area contributed by atoms with Crippen molar-refractivity contribution in [3.8, 4) is 17.1 Å². The first kappa shape index (κ1) is 20.3. The summed E-state index contributed by atoms with van der Waals surface area (Å²) in [6.07, 6.45) is -0.787. The summed E-state index contributed by atoms with van der Waals surface area (Å²) in [7, 11) is 0. The molecule has 0 spiro atoms. The third-order valence-corrected chi connectivity index (χ3v) is 5.21. The molecule has 2 heterocycles. The Bertz CT molecular complexity index is 1610. The molecule has 0 unspecified atom stereocenters. The fraction of sp³-hybridized carbons (Fsp3) is 0.0435. The lowest BCUT2D eigenvalue weighted by Gasteiger charge is -2.09. The fourth-order valence-electron chi connectivity index (χ4n) is 3.75. The van der Waals surface area contributed by atoms with Gasteiger partial charge in [-0.2, -0.15) is 10.1 Å². The molecule has 2 aromatic heterocycles. The smallest absolute Gasteiger partial charge is 0.376 e. The largest absolute Gasteiger partial charge is 0.412 e. The van der Waals surface area contributed by atoms with E-state index < -0.39 is 17.7 Å². The molecule has 1 amide bonds. The average Bonchev–Trinajstić information content (AvgIpc) is 3.17. The van der Waals surface area contributed by atoms with E-state index in [2.05, 4.69) is 24.9 Å². The second-order valence-electron chi connectivity index (χ2n) is 7.35. The van der Waals surface area contributed by atoms with Crippen molar-refractivity contribution in [1.82, 2.24) is 20.2 Å². The quantitative estimate of drug-likeness (QED) is 0.386. The minimum absolute atomic E-state index is 0.0155. The number of benzene rings is 3. The average molecular weight is 447 g/mol. The predicted octanol–water partition coefficient (Wildman–Crippen LogP) is 3.79. The lowest BCUT2D eigenvalue weighted by Crippen LogP contribution is -2.16. The molecule has 164 valence electrons. The van der Waals surface area contributed by atoms with Crippen LogP contribution in [0.1, 0.15) is 11.3 Å². The van der Waals surface area contributed by atoms with Gasteiger partial charge in [-0.3, -0.25) is 4.79 Å². The Hall–Kier alpha value is -4.60. The summed E-state index contributed by atoms with van der Waals surface area (Å²) in [4.78, 5) is 29.6. The van der Waals surface area contributed by atoms with Crippen molar-refractivity contribution in [1.29, 1.82) is 0 Å². The maximum Gasteiger partial charge on any atom is 0.412 e. The maximum atomic E-state index is 14.9. The van der Waals surface area contributed by atoms with Gasteiger partial charge >= 0.3 is 12.1 Å². The Balaban J connectivity index is 1.56. The molecular weight excluding hydrogens is 432 g/mol. The number of ether oxygens (including phenoxy) is 1. The van der Waals surface area contributed by atoms with E-state index in [9.17, 15) is 18.4 Å². The SMILES string of the molecule is NC(=O)Oc1nc2cc(-c3cc(Cc4n[nH]c(=O)c5ccccc45)ccc3F)c(F)cc2[nH]1. The van der Waals surface area contributed by atoms with E-state index in [1.165, 1.54) is 18.2 Å². The Kier molecular flexibility index (Phi) is 4.82. The number of nitrogens with one attached hydrogen (secondary N) is 2. The van der Waals surface area contributed by atoms with Gasteiger partial charge in [0, 0.05) is 29.0 Å². The van der Waals surface area contributed by atoms with Crippen LogP contribution in [0.25, 0.3) is 32.9 Å². The number of aromatic amines is 2. The number of primary amides is 1. The third-order valence-electron chi connectivity index (χ3n) is 5.21. The highest BCUT2D eigenvalue weighted by atomic mass is 19.1. The topological polar surface area (TPSA) is 127 Å². The second kappa shape index (κ2) is 7.83. The van der Waals surface area contributed by atoms with E-state index in [-0.39, 0.29) is 40.2 Å². The van der Waals surface area contributed by atoms with Crippen molar-refractivity contribution in [3.63, 3.8) is 0 Å². The van der Waals surface area contributed by atoms with Crippen LogP contribution in [0.5, 0.6) is 6.01 Å². The van der Waals surface area contributed by atoms with Crippen LogP contribution < -0.4 is 16.0 Å². The highest BCUT2D eigenvalue weighted by Crippen LogP contribution is 2.31. The summed E-state index contributed by atoms with van der Waals surface area (Å²) in [5.74, 6) is -1.32. The number of carbonyl (C=O) groups is 1. The minimum Gasteiger partial charge on any atom is -0.376 e. The molecule has 0 aliphatic heterocycles. The molecule has 8 nitrogen and oxygen atoms in total. The number of rotatable bonds is 4. The number of amides is 1. The van der Waals surface area contributed by atoms with Crippen LogP contribution in [-0.4, -0.2) is 26.3 Å². The fourth-order valence-corrected chi connectivity index (χ4v) is 3.75. The summed E-state index contributed by atoms with van der Waals surface area (Å²) in [6.45, 7) is 0. The van der Waals surface area contributed by atoms with Gasteiger partial charge in [-0.15, -0.1) is 0 Å². The van der Waals surface area contributed by atoms with E-state index in [1.807, 2.05) is 0 Å². The first-order valence-corrected chi connectivity index (χ1v) is 9.80. The van der Waals surface area contributed by atoms with Gasteiger partial charge in [0.2, 0.25) is 0 Å². The van der Waals surface area contributed by atoms with Crippen LogP contribution >= 0.6 is 0 Å². The molecule has 0 fully saturated rings. The van der Waals surface area contributed by atoms with E-state index in [4.69, 9.17) is 5.73 Å². The van der Waals surface area contributed by atoms with Crippen molar-refractivity contribution in [2.75, 3.05) is 0 Å². The van der Waals surface area contributed by atoms with Crippen molar-refractivity contribution < 1.29 is 18.3 Å². The monoisotopic (exact) mass is 447 g/mol.